The van der Waals surface area contributed by atoms with Crippen molar-refractivity contribution in [1.82, 2.24) is 9.97 Å². The largest absolute Gasteiger partial charge is 0.650 e. The highest BCUT2D eigenvalue weighted by Gasteiger charge is 2.09. The van der Waals surface area contributed by atoms with E-state index >= 15 is 0 Å². The number of nitrogens with zero attached hydrogens (tertiary/aromatic N) is 2. The molecule has 0 saturated carbocycles. The van der Waals surface area contributed by atoms with E-state index in [-0.39, 0.29) is 0 Å². The maximum atomic E-state index is 5.38. The van der Waals surface area contributed by atoms with Crippen LogP contribution in [0.2, 0.25) is 0 Å². The zero-order valence-electron chi connectivity index (χ0n) is 9.40. The van der Waals surface area contributed by atoms with E-state index < -0.39 is 0 Å². The molecule has 0 N–H and O–H groups in total. The lowest BCUT2D eigenvalue weighted by atomic mass is 10.1. The molecule has 0 unspecified atom stereocenters. The first-order valence-electron chi connectivity index (χ1n) is 5.03. The minimum Gasteiger partial charge on any atom is -0.650 e. The molecule has 0 bridgehead atoms. The smallest absolute Gasteiger partial charge is 0.494 e. The second-order valence-corrected chi connectivity index (χ2v) is 3.92. The third kappa shape index (κ3) is 2.09. The molecule has 0 aliphatic rings. The Balaban J connectivity index is 2.60. The molecule has 0 aliphatic carbocycles. The first-order valence-corrected chi connectivity index (χ1v) is 5.61. The van der Waals surface area contributed by atoms with Gasteiger partial charge >= 0.3 is 16.6 Å². The van der Waals surface area contributed by atoms with E-state index in [4.69, 9.17) is 3.79 Å². The highest BCUT2D eigenvalue weighted by Crippen LogP contribution is 2.29. The minimum atomic E-state index is 0.827. The number of hydrogen-bond donors (Lipinski definition) is 0. The average molecular weight is 227 g/mol. The molecule has 2 heterocycles. The summed E-state index contributed by atoms with van der Waals surface area (Å²) in [5.41, 5.74) is 3.93. The highest BCUT2D eigenvalue weighted by atomic mass is 27.1. The van der Waals surface area contributed by atoms with Gasteiger partial charge in [0.1, 0.15) is 0 Å². The number of aromatic nitrogens is 2. The molecule has 16 heavy (non-hydrogen) atoms. The van der Waals surface area contributed by atoms with Crippen molar-refractivity contribution in [3.8, 4) is 17.0 Å². The fourth-order valence-corrected chi connectivity index (χ4v) is 1.84. The van der Waals surface area contributed by atoms with Gasteiger partial charge in [-0.2, -0.15) is 0 Å². The van der Waals surface area contributed by atoms with Crippen molar-refractivity contribution in [3.05, 3.63) is 41.9 Å². The minimum absolute atomic E-state index is 0.827. The van der Waals surface area contributed by atoms with E-state index in [0.29, 0.717) is 0 Å². The zero-order valence-corrected chi connectivity index (χ0v) is 10.8. The molecule has 3 nitrogen and oxygen atoms in total. The Bertz CT molecular complexity index is 514. The third-order valence-corrected chi connectivity index (χ3v) is 2.73. The van der Waals surface area contributed by atoms with E-state index in [9.17, 15) is 0 Å². The molecule has 2 aromatic rings. The predicted molar refractivity (Wildman–Crippen MR) is 64.7 cm³/mol. The molecule has 0 aromatic carbocycles. The molecule has 0 fully saturated rings. The van der Waals surface area contributed by atoms with Crippen molar-refractivity contribution >= 4 is 16.6 Å². The van der Waals surface area contributed by atoms with Gasteiger partial charge in [-0.1, -0.05) is 6.07 Å². The quantitative estimate of drug-likeness (QED) is 0.735. The lowest BCUT2D eigenvalue weighted by Crippen LogP contribution is -1.95. The Hall–Kier alpha value is -1.37. The van der Waals surface area contributed by atoms with Crippen LogP contribution in [0.4, 0.5) is 0 Å². The van der Waals surface area contributed by atoms with Crippen LogP contribution in [0, 0.1) is 13.8 Å². The molecule has 0 amide bonds. The van der Waals surface area contributed by atoms with Gasteiger partial charge < -0.3 is 3.79 Å². The summed E-state index contributed by atoms with van der Waals surface area (Å²) < 4.78 is 5.38. The monoisotopic (exact) mass is 227 g/mol. The highest BCUT2D eigenvalue weighted by molar-refractivity contribution is 6.00. The molecule has 0 atom stereocenters. The molecule has 79 valence electrons. The Kier molecular flexibility index (Phi) is 3.23. The van der Waals surface area contributed by atoms with Crippen LogP contribution in [-0.2, 0) is 0 Å². The second-order valence-electron chi connectivity index (χ2n) is 3.64. The van der Waals surface area contributed by atoms with Gasteiger partial charge in [0.2, 0.25) is 0 Å². The van der Waals surface area contributed by atoms with Crippen molar-refractivity contribution in [3.63, 3.8) is 0 Å². The summed E-state index contributed by atoms with van der Waals surface area (Å²) in [6.07, 6.45) is 3.60. The molecule has 0 saturated heterocycles. The topological polar surface area (TPSA) is 35.0 Å². The Labute approximate surface area is 103 Å². The number of pyridine rings is 2. The number of hydrogen-bond acceptors (Lipinski definition) is 3. The van der Waals surface area contributed by atoms with Crippen molar-refractivity contribution in [1.29, 1.82) is 0 Å². The molecule has 4 heteroatoms. The maximum Gasteiger partial charge on any atom is 0.494 e. The van der Waals surface area contributed by atoms with Crippen molar-refractivity contribution in [2.75, 3.05) is 0 Å². The summed E-state index contributed by atoms with van der Waals surface area (Å²) in [5.74, 6) is 0.827. The fourth-order valence-electron chi connectivity index (χ4n) is 1.60. The summed E-state index contributed by atoms with van der Waals surface area (Å²) in [6.45, 7) is 3.98. The van der Waals surface area contributed by atoms with Gasteiger partial charge in [-0.15, -0.1) is 0 Å². The first-order chi connectivity index (χ1) is 7.72. The molecule has 2 rings (SSSR count). The van der Waals surface area contributed by atoms with Crippen LogP contribution in [0.5, 0.6) is 5.75 Å². The molecular formula is C12H12AlN2O. The van der Waals surface area contributed by atoms with E-state index in [1.165, 1.54) is 16.6 Å². The van der Waals surface area contributed by atoms with Crippen LogP contribution in [0.3, 0.4) is 0 Å². The lowest BCUT2D eigenvalue weighted by molar-refractivity contribution is 0.615. The number of rotatable bonds is 2. The van der Waals surface area contributed by atoms with Crippen LogP contribution in [0.25, 0.3) is 11.3 Å². The van der Waals surface area contributed by atoms with Gasteiger partial charge in [-0.25, -0.2) is 0 Å². The van der Waals surface area contributed by atoms with Crippen LogP contribution in [-0.4, -0.2) is 26.6 Å². The summed E-state index contributed by atoms with van der Waals surface area (Å²) in [5, 5.41) is 0. The lowest BCUT2D eigenvalue weighted by Gasteiger charge is -2.11. The average Bonchev–Trinajstić information content (AvgIpc) is 2.30. The second kappa shape index (κ2) is 4.65. The van der Waals surface area contributed by atoms with Crippen LogP contribution in [0.15, 0.2) is 30.6 Å². The Morgan fingerprint density at radius 3 is 2.75 bits per heavy atom. The normalized spacial score (nSPS) is 10.1. The molecule has 2 aromatic heterocycles. The SMILES string of the molecule is Cc1cc([O][AlH])c(-c2ncccc2C)cn1. The van der Waals surface area contributed by atoms with Crippen LogP contribution in [0.1, 0.15) is 11.3 Å². The zero-order chi connectivity index (χ0) is 11.5. The third-order valence-electron chi connectivity index (χ3n) is 2.42. The summed E-state index contributed by atoms with van der Waals surface area (Å²) in [6, 6.07) is 5.88. The number of aryl methyl sites for hydroxylation is 2. The summed E-state index contributed by atoms with van der Waals surface area (Å²) in [7, 11) is 0. The molecular weight excluding hydrogens is 215 g/mol. The molecule has 0 aliphatic heterocycles. The van der Waals surface area contributed by atoms with E-state index in [0.717, 1.165) is 28.3 Å². The van der Waals surface area contributed by atoms with Gasteiger partial charge in [0.25, 0.3) is 0 Å². The molecule has 0 spiro atoms. The summed E-state index contributed by atoms with van der Waals surface area (Å²) >= 11 is 1.46. The van der Waals surface area contributed by atoms with E-state index in [2.05, 4.69) is 9.97 Å². The van der Waals surface area contributed by atoms with Gasteiger partial charge in [0, 0.05) is 18.1 Å². The fraction of sp³-hybridized carbons (Fsp3) is 0.167. The van der Waals surface area contributed by atoms with E-state index in [1.54, 1.807) is 6.20 Å². The van der Waals surface area contributed by atoms with Crippen LogP contribution >= 0.6 is 0 Å². The Morgan fingerprint density at radius 1 is 1.25 bits per heavy atom. The van der Waals surface area contributed by atoms with Crippen molar-refractivity contribution in [2.24, 2.45) is 0 Å². The van der Waals surface area contributed by atoms with Gasteiger partial charge in [0.05, 0.1) is 17.0 Å². The first kappa shape index (κ1) is 11.1. The van der Waals surface area contributed by atoms with Crippen molar-refractivity contribution < 1.29 is 3.79 Å². The van der Waals surface area contributed by atoms with Crippen molar-refractivity contribution in [2.45, 2.75) is 13.8 Å². The van der Waals surface area contributed by atoms with Gasteiger partial charge in [0.15, 0.2) is 0 Å². The Morgan fingerprint density at radius 2 is 2.06 bits per heavy atom. The van der Waals surface area contributed by atoms with E-state index in [1.807, 2.05) is 38.2 Å². The van der Waals surface area contributed by atoms with Crippen LogP contribution < -0.4 is 3.79 Å². The summed E-state index contributed by atoms with van der Waals surface area (Å²) in [4.78, 5) is 8.66. The predicted octanol–water partition coefficient (Wildman–Crippen LogP) is 1.96. The van der Waals surface area contributed by atoms with Gasteiger partial charge in [-0.3, -0.25) is 9.97 Å². The van der Waals surface area contributed by atoms with Gasteiger partial charge in [-0.05, 0) is 31.5 Å². The maximum absolute atomic E-state index is 5.38. The standard InChI is InChI=1S/C12H12N2O.Al.H/c1-8-4-3-5-13-12(8)10-7-14-9(2)6-11(10)15;;/h3-7H,1-2H3,(H,14,15);;/q;+1;/p-1. The molecule has 1 radical (unpaired) electrons.